The van der Waals surface area contributed by atoms with Gasteiger partial charge in [-0.05, 0) is 0 Å². The molecule has 25 heavy (non-hydrogen) atoms. The van der Waals surface area contributed by atoms with E-state index in [1.165, 1.54) is 25.7 Å². The maximum Gasteiger partial charge on any atom is 0.362 e. The smallest absolute Gasteiger partial charge is 0.337 e. The molecule has 0 saturated carbocycles. The van der Waals surface area contributed by atoms with Crippen LogP contribution in [0.3, 0.4) is 0 Å². The van der Waals surface area contributed by atoms with Crippen LogP contribution >= 0.6 is 0 Å². The minimum Gasteiger partial charge on any atom is -0.337 e. The van der Waals surface area contributed by atoms with Gasteiger partial charge in [0.15, 0.2) is 0 Å². The van der Waals surface area contributed by atoms with Crippen LogP contribution in [0.2, 0.25) is 8.87 Å². The van der Waals surface area contributed by atoms with Crippen molar-refractivity contribution < 1.29 is 61.3 Å². The number of rotatable bonds is 8. The summed E-state index contributed by atoms with van der Waals surface area (Å²) in [6.45, 7) is 4.58. The third kappa shape index (κ3) is 20.5. The summed E-state index contributed by atoms with van der Waals surface area (Å²) in [4.78, 5) is 0. The van der Waals surface area contributed by atoms with Gasteiger partial charge in [-0.2, -0.15) is 0 Å². The van der Waals surface area contributed by atoms with E-state index < -0.39 is 23.9 Å². The van der Waals surface area contributed by atoms with E-state index >= 15 is 0 Å². The van der Waals surface area contributed by atoms with Gasteiger partial charge in [-0.1, -0.05) is 0 Å². The van der Waals surface area contributed by atoms with Crippen molar-refractivity contribution in [2.45, 2.75) is 72.3 Å². The van der Waals surface area contributed by atoms with Gasteiger partial charge in [0.1, 0.15) is 0 Å². The van der Waals surface area contributed by atoms with Crippen LogP contribution in [0.1, 0.15) is 39.5 Å². The van der Waals surface area contributed by atoms with E-state index in [-0.39, 0.29) is 21.1 Å². The Morgan fingerprint density at radius 2 is 0.680 bits per heavy atom. The second-order valence-electron chi connectivity index (χ2n) is 5.00. The van der Waals surface area contributed by atoms with Crippen molar-refractivity contribution in [2.75, 3.05) is 0 Å². The summed E-state index contributed by atoms with van der Waals surface area (Å²) in [5.74, 6) is -15.6. The van der Waals surface area contributed by atoms with Crippen molar-refractivity contribution in [3.05, 3.63) is 0 Å². The molecule has 12 nitrogen and oxygen atoms in total. The van der Waals surface area contributed by atoms with Crippen LogP contribution in [0.4, 0.5) is 0 Å². The van der Waals surface area contributed by atoms with E-state index in [0.29, 0.717) is 0 Å². The predicted molar refractivity (Wildman–Crippen MR) is 82.7 cm³/mol. The summed E-state index contributed by atoms with van der Waals surface area (Å²) in [6, 6.07) is 0. The van der Waals surface area contributed by atoms with Gasteiger partial charge in [0.05, 0.1) is 0 Å². The molecule has 0 aliphatic carbocycles. The number of hydrogen-bond acceptors (Lipinski definition) is 12. The van der Waals surface area contributed by atoms with Crippen molar-refractivity contribution in [3.63, 3.8) is 0 Å². The Labute approximate surface area is 155 Å². The molecule has 13 heteroatoms. The van der Waals surface area contributed by atoms with E-state index in [1.807, 2.05) is 0 Å². The van der Waals surface area contributed by atoms with Gasteiger partial charge in [0.25, 0.3) is 0 Å². The van der Waals surface area contributed by atoms with Gasteiger partial charge in [-0.25, -0.2) is 0 Å². The average Bonchev–Trinajstić information content (AvgIpc) is 2.35. The first-order valence-corrected chi connectivity index (χ1v) is 11.3. The minimum absolute atomic E-state index is 0.149. The molecule has 0 aromatic rings. The van der Waals surface area contributed by atoms with Crippen molar-refractivity contribution in [1.82, 2.24) is 0 Å². The van der Waals surface area contributed by atoms with E-state index in [2.05, 4.69) is 13.8 Å². The summed E-state index contributed by atoms with van der Waals surface area (Å²) >= 11 is 0.149. The maximum atomic E-state index is 7.72. The third-order valence-electron chi connectivity index (χ3n) is 2.31. The Morgan fingerprint density at radius 3 is 0.800 bits per heavy atom. The fourth-order valence-electron chi connectivity index (χ4n) is 0.729. The predicted octanol–water partition coefficient (Wildman–Crippen LogP) is -4.38. The standard InChI is InChI=1S/2C4H9.2C2H6O6.Sn/c2*1-3-4-2;2*3-1(4,5)2(6,7)8;/h2*1,3-4H2,2H3;2*3-8H;. The van der Waals surface area contributed by atoms with Crippen LogP contribution in [0.15, 0.2) is 0 Å². The van der Waals surface area contributed by atoms with E-state index in [4.69, 9.17) is 61.3 Å². The van der Waals surface area contributed by atoms with Gasteiger partial charge >= 0.3 is 93.4 Å². The van der Waals surface area contributed by atoms with Gasteiger partial charge in [0, 0.05) is 0 Å². The quantitative estimate of drug-likeness (QED) is 0.0887. The molecule has 0 aromatic heterocycles. The molecule has 0 fully saturated rings. The molecule has 0 aromatic carbocycles. The molecule has 0 unspecified atom stereocenters. The first-order valence-electron chi connectivity index (χ1n) is 7.30. The molecule has 0 atom stereocenters. The monoisotopic (exact) mass is 486 g/mol. The summed E-state index contributed by atoms with van der Waals surface area (Å²) in [5, 5.41) is 92.6. The largest absolute Gasteiger partial charge is 0.362 e. The number of hydrogen-bond donors (Lipinski definition) is 12. The maximum absolute atomic E-state index is 7.72. The summed E-state index contributed by atoms with van der Waals surface area (Å²) in [7, 11) is 0. The van der Waals surface area contributed by atoms with Crippen LogP contribution in [0.5, 0.6) is 0 Å². The van der Waals surface area contributed by atoms with E-state index in [0.717, 1.165) is 0 Å². The number of unbranched alkanes of at least 4 members (excludes halogenated alkanes) is 2. The zero-order valence-corrected chi connectivity index (χ0v) is 17.0. The molecule has 0 heterocycles. The molecule has 0 amide bonds. The van der Waals surface area contributed by atoms with Gasteiger partial charge in [-0.3, -0.25) is 0 Å². The van der Waals surface area contributed by atoms with Gasteiger partial charge in [-0.15, -0.1) is 0 Å². The van der Waals surface area contributed by atoms with Crippen LogP contribution < -0.4 is 0 Å². The van der Waals surface area contributed by atoms with E-state index in [9.17, 15) is 0 Å². The van der Waals surface area contributed by atoms with Crippen molar-refractivity contribution in [1.29, 1.82) is 0 Å². The van der Waals surface area contributed by atoms with Crippen molar-refractivity contribution >= 4 is 21.1 Å². The molecule has 0 bridgehead atoms. The average molecular weight is 485 g/mol. The fourth-order valence-corrected chi connectivity index (χ4v) is 4.89. The van der Waals surface area contributed by atoms with Crippen LogP contribution in [0.25, 0.3) is 0 Å². The zero-order chi connectivity index (χ0) is 20.9. The third-order valence-corrected chi connectivity index (χ3v) is 6.35. The molecule has 2 radical (unpaired) electrons. The molecule has 12 N–H and O–H groups in total. The molecule has 0 spiro atoms. The van der Waals surface area contributed by atoms with Crippen molar-refractivity contribution in [3.8, 4) is 0 Å². The Balaban J connectivity index is -0.000000291. The molecular formula is C12H30O12Sn. The number of aliphatic hydroxyl groups is 12. The Kier molecular flexibility index (Phi) is 16.2. The van der Waals surface area contributed by atoms with Crippen LogP contribution in [-0.4, -0.2) is 106 Å². The second kappa shape index (κ2) is 13.5. The minimum atomic E-state index is -3.90. The first kappa shape index (κ1) is 30.1. The van der Waals surface area contributed by atoms with E-state index in [1.54, 1.807) is 8.87 Å². The summed E-state index contributed by atoms with van der Waals surface area (Å²) in [6.07, 6.45) is 5.84. The molecule has 0 rings (SSSR count). The Hall–Kier alpha value is 0.319. The summed E-state index contributed by atoms with van der Waals surface area (Å²) in [5.41, 5.74) is 0. The van der Waals surface area contributed by atoms with Crippen LogP contribution in [0, 0.1) is 0 Å². The Bertz CT molecular complexity index is 245. The molecule has 154 valence electrons. The van der Waals surface area contributed by atoms with Gasteiger partial charge in [0.2, 0.25) is 0 Å². The molecule has 0 saturated heterocycles. The fraction of sp³-hybridized carbons (Fsp3) is 1.00. The SMILES string of the molecule is CCC[CH2][Sn][CH2]CCC.OC(O)(O)C(O)(O)O.OC(O)(O)C(O)(O)O. The molecule has 0 aliphatic heterocycles. The van der Waals surface area contributed by atoms with Crippen molar-refractivity contribution in [2.24, 2.45) is 0 Å². The first-order chi connectivity index (χ1) is 10.9. The Morgan fingerprint density at radius 1 is 0.480 bits per heavy atom. The van der Waals surface area contributed by atoms with Gasteiger partial charge < -0.3 is 61.3 Å². The summed E-state index contributed by atoms with van der Waals surface area (Å²) < 4.78 is 3.25. The molecule has 0 aliphatic rings. The second-order valence-corrected chi connectivity index (χ2v) is 9.28. The zero-order valence-electron chi connectivity index (χ0n) is 14.1. The molecular weight excluding hydrogens is 455 g/mol. The van der Waals surface area contributed by atoms with Crippen LogP contribution in [-0.2, 0) is 0 Å². The topological polar surface area (TPSA) is 243 Å². The normalized spacial score (nSPS) is 12.7.